The first-order chi connectivity index (χ1) is 6.30. The number of imidazole rings is 1. The third-order valence-electron chi connectivity index (χ3n) is 2.78. The summed E-state index contributed by atoms with van der Waals surface area (Å²) in [6.45, 7) is 0.00674. The largest absolute Gasteiger partial charge is 0.390 e. The van der Waals surface area contributed by atoms with Gasteiger partial charge in [-0.25, -0.2) is 4.98 Å². The van der Waals surface area contributed by atoms with E-state index < -0.39 is 0 Å². The molecule has 0 spiro atoms. The molecular weight excluding hydrogens is 168 g/mol. The summed E-state index contributed by atoms with van der Waals surface area (Å²) in [4.78, 5) is 7.28. The first kappa shape index (κ1) is 8.72. The molecule has 1 aliphatic rings. The van der Waals surface area contributed by atoms with Crippen LogP contribution in [0.2, 0.25) is 0 Å². The second-order valence-electron chi connectivity index (χ2n) is 3.47. The molecule has 0 atom stereocenters. The number of hydrogen-bond donors (Lipinski definition) is 2. The Balaban J connectivity index is 2.23. The molecule has 0 aliphatic heterocycles. The van der Waals surface area contributed by atoms with E-state index in [0.717, 1.165) is 24.4 Å². The van der Waals surface area contributed by atoms with Gasteiger partial charge in [-0.05, 0) is 19.3 Å². The number of ether oxygens (including phenoxy) is 1. The Bertz CT molecular complexity index is 286. The first-order valence-electron chi connectivity index (χ1n) is 4.51. The van der Waals surface area contributed by atoms with Gasteiger partial charge in [-0.2, -0.15) is 0 Å². The fraction of sp³-hybridized carbons (Fsp3) is 0.667. The van der Waals surface area contributed by atoms with Gasteiger partial charge in [0.1, 0.15) is 11.4 Å². The van der Waals surface area contributed by atoms with Crippen molar-refractivity contribution < 1.29 is 9.84 Å². The van der Waals surface area contributed by atoms with Crippen LogP contribution in [0, 0.1) is 0 Å². The minimum absolute atomic E-state index is 0.00674. The molecule has 1 aromatic rings. The molecule has 72 valence electrons. The van der Waals surface area contributed by atoms with Gasteiger partial charge < -0.3 is 14.8 Å². The summed E-state index contributed by atoms with van der Waals surface area (Å²) in [5, 5.41) is 8.87. The van der Waals surface area contributed by atoms with Gasteiger partial charge >= 0.3 is 0 Å². The van der Waals surface area contributed by atoms with Crippen LogP contribution in [-0.2, 0) is 16.9 Å². The molecule has 0 aromatic carbocycles. The zero-order valence-electron chi connectivity index (χ0n) is 7.71. The predicted octanol–water partition coefficient (Wildman–Crippen LogP) is 0.928. The van der Waals surface area contributed by atoms with Gasteiger partial charge in [-0.15, -0.1) is 0 Å². The zero-order valence-corrected chi connectivity index (χ0v) is 7.71. The second kappa shape index (κ2) is 3.12. The van der Waals surface area contributed by atoms with Crippen LogP contribution in [0.4, 0.5) is 0 Å². The van der Waals surface area contributed by atoms with E-state index in [-0.39, 0.29) is 12.2 Å². The van der Waals surface area contributed by atoms with Gasteiger partial charge in [0.05, 0.1) is 18.5 Å². The van der Waals surface area contributed by atoms with Crippen LogP contribution < -0.4 is 0 Å². The quantitative estimate of drug-likeness (QED) is 0.731. The number of aromatic amines is 1. The Hall–Kier alpha value is -0.870. The number of H-pyrrole nitrogens is 1. The van der Waals surface area contributed by atoms with Crippen molar-refractivity contribution in [2.45, 2.75) is 31.5 Å². The first-order valence-corrected chi connectivity index (χ1v) is 4.51. The normalized spacial score (nSPS) is 19.8. The predicted molar refractivity (Wildman–Crippen MR) is 47.0 cm³/mol. The maximum atomic E-state index is 8.87. The van der Waals surface area contributed by atoms with Gasteiger partial charge in [0.2, 0.25) is 0 Å². The fourth-order valence-electron chi connectivity index (χ4n) is 1.71. The minimum atomic E-state index is -0.201. The summed E-state index contributed by atoms with van der Waals surface area (Å²) in [6.07, 6.45) is 4.88. The molecule has 0 bridgehead atoms. The van der Waals surface area contributed by atoms with Crippen LogP contribution in [0.5, 0.6) is 0 Å². The SMILES string of the molecule is COC1(c2ncc(CO)[nH]2)CCC1. The van der Waals surface area contributed by atoms with E-state index in [9.17, 15) is 0 Å². The molecule has 2 N–H and O–H groups in total. The molecule has 4 nitrogen and oxygen atoms in total. The van der Waals surface area contributed by atoms with Crippen LogP contribution in [0.25, 0.3) is 0 Å². The highest BCUT2D eigenvalue weighted by Gasteiger charge is 2.41. The molecule has 1 fully saturated rings. The van der Waals surface area contributed by atoms with E-state index in [1.54, 1.807) is 13.3 Å². The number of nitrogens with one attached hydrogen (secondary N) is 1. The summed E-state index contributed by atoms with van der Waals surface area (Å²) in [5.41, 5.74) is 0.547. The number of nitrogens with zero attached hydrogens (tertiary/aromatic N) is 1. The lowest BCUT2D eigenvalue weighted by Crippen LogP contribution is -2.37. The van der Waals surface area contributed by atoms with Crippen molar-refractivity contribution in [2.24, 2.45) is 0 Å². The molecule has 4 heteroatoms. The highest BCUT2D eigenvalue weighted by molar-refractivity contribution is 5.11. The number of aliphatic hydroxyl groups excluding tert-OH is 1. The molecule has 13 heavy (non-hydrogen) atoms. The van der Waals surface area contributed by atoms with Crippen LogP contribution >= 0.6 is 0 Å². The van der Waals surface area contributed by atoms with Gasteiger partial charge in [0, 0.05) is 7.11 Å². The number of aliphatic hydroxyl groups is 1. The van der Waals surface area contributed by atoms with E-state index in [0.29, 0.717) is 0 Å². The second-order valence-corrected chi connectivity index (χ2v) is 3.47. The van der Waals surface area contributed by atoms with Crippen molar-refractivity contribution in [1.82, 2.24) is 9.97 Å². The highest BCUT2D eigenvalue weighted by Crippen LogP contribution is 2.42. The maximum absolute atomic E-state index is 8.87. The van der Waals surface area contributed by atoms with E-state index in [4.69, 9.17) is 9.84 Å². The fourth-order valence-corrected chi connectivity index (χ4v) is 1.71. The number of aromatic nitrogens is 2. The molecule has 0 amide bonds. The van der Waals surface area contributed by atoms with Gasteiger partial charge in [-0.1, -0.05) is 0 Å². The molecule has 1 aromatic heterocycles. The summed E-state index contributed by atoms with van der Waals surface area (Å²) >= 11 is 0. The maximum Gasteiger partial charge on any atom is 0.138 e. The Morgan fingerprint density at radius 1 is 1.69 bits per heavy atom. The van der Waals surface area contributed by atoms with Crippen LogP contribution in [-0.4, -0.2) is 22.2 Å². The van der Waals surface area contributed by atoms with Crippen molar-refractivity contribution >= 4 is 0 Å². The van der Waals surface area contributed by atoms with Crippen LogP contribution in [0.1, 0.15) is 30.8 Å². The number of methoxy groups -OCH3 is 1. The summed E-state index contributed by atoms with van der Waals surface area (Å²) < 4.78 is 5.44. The third-order valence-corrected chi connectivity index (χ3v) is 2.78. The molecule has 1 heterocycles. The van der Waals surface area contributed by atoms with E-state index in [2.05, 4.69) is 9.97 Å². The van der Waals surface area contributed by atoms with Gasteiger partial charge in [-0.3, -0.25) is 0 Å². The molecule has 1 saturated carbocycles. The average Bonchev–Trinajstić information content (AvgIpc) is 2.52. The molecule has 0 unspecified atom stereocenters. The van der Waals surface area contributed by atoms with Crippen molar-refractivity contribution in [3.8, 4) is 0 Å². The topological polar surface area (TPSA) is 58.1 Å². The van der Waals surface area contributed by atoms with E-state index in [1.807, 2.05) is 0 Å². The molecule has 0 saturated heterocycles. The monoisotopic (exact) mass is 182 g/mol. The Morgan fingerprint density at radius 3 is 2.85 bits per heavy atom. The molecular formula is C9H14N2O2. The Kier molecular flexibility index (Phi) is 2.09. The molecule has 0 radical (unpaired) electrons. The van der Waals surface area contributed by atoms with Crippen LogP contribution in [0.3, 0.4) is 0 Å². The standard InChI is InChI=1S/C9H14N2O2/c1-13-9(3-2-4-9)8-10-5-7(6-12)11-8/h5,12H,2-4,6H2,1H3,(H,10,11). The minimum Gasteiger partial charge on any atom is -0.390 e. The third kappa shape index (κ3) is 1.26. The summed E-state index contributed by atoms with van der Waals surface area (Å²) in [5.74, 6) is 0.852. The Labute approximate surface area is 77.0 Å². The molecule has 2 rings (SSSR count). The highest BCUT2D eigenvalue weighted by atomic mass is 16.5. The lowest BCUT2D eigenvalue weighted by molar-refractivity contribution is -0.0841. The smallest absolute Gasteiger partial charge is 0.138 e. The average molecular weight is 182 g/mol. The van der Waals surface area contributed by atoms with Gasteiger partial charge in [0.25, 0.3) is 0 Å². The van der Waals surface area contributed by atoms with Crippen molar-refractivity contribution in [2.75, 3.05) is 7.11 Å². The number of rotatable bonds is 3. The molecule has 1 aliphatic carbocycles. The lowest BCUT2D eigenvalue weighted by atomic mass is 9.79. The van der Waals surface area contributed by atoms with Crippen LogP contribution in [0.15, 0.2) is 6.20 Å². The zero-order chi connectivity index (χ0) is 9.31. The number of hydrogen-bond acceptors (Lipinski definition) is 3. The lowest BCUT2D eigenvalue weighted by Gasteiger charge is -2.38. The van der Waals surface area contributed by atoms with Crippen molar-refractivity contribution in [3.63, 3.8) is 0 Å². The summed E-state index contributed by atoms with van der Waals surface area (Å²) in [6, 6.07) is 0. The van der Waals surface area contributed by atoms with Crippen molar-refractivity contribution in [1.29, 1.82) is 0 Å². The van der Waals surface area contributed by atoms with Gasteiger partial charge in [0.15, 0.2) is 0 Å². The Morgan fingerprint density at radius 2 is 2.46 bits per heavy atom. The summed E-state index contributed by atoms with van der Waals surface area (Å²) in [7, 11) is 1.71. The van der Waals surface area contributed by atoms with E-state index >= 15 is 0 Å². The van der Waals surface area contributed by atoms with E-state index in [1.165, 1.54) is 6.42 Å². The van der Waals surface area contributed by atoms with Crippen molar-refractivity contribution in [3.05, 3.63) is 17.7 Å².